The van der Waals surface area contributed by atoms with Gasteiger partial charge in [0.05, 0.1) is 3.23 Å². The Labute approximate surface area is 108 Å². The topological polar surface area (TPSA) is 0 Å². The maximum Gasteiger partial charge on any atom is 0.0806 e. The van der Waals surface area contributed by atoms with Crippen LogP contribution in [-0.4, -0.2) is 12.9 Å². The van der Waals surface area contributed by atoms with Gasteiger partial charge in [-0.1, -0.05) is 70.1 Å². The third-order valence-corrected chi connectivity index (χ3v) is 6.69. The predicted molar refractivity (Wildman–Crippen MR) is 69.1 cm³/mol. The Balaban J connectivity index is 2.46. The molecule has 0 N–H and O–H groups in total. The van der Waals surface area contributed by atoms with Crippen molar-refractivity contribution in [1.82, 2.24) is 0 Å². The van der Waals surface area contributed by atoms with E-state index in [1.54, 1.807) is 0 Å². The first-order chi connectivity index (χ1) is 5.51. The molecule has 1 fully saturated rings. The van der Waals surface area contributed by atoms with Crippen molar-refractivity contribution in [3.8, 4) is 0 Å². The monoisotopic (exact) mass is 424 g/mol. The number of alkyl halides is 4. The number of hydrogen-bond acceptors (Lipinski definition) is 0. The van der Waals surface area contributed by atoms with Crippen LogP contribution in [0.1, 0.15) is 32.1 Å². The van der Waals surface area contributed by atoms with E-state index in [-0.39, 0.29) is 3.23 Å². The van der Waals surface area contributed by atoms with Crippen molar-refractivity contribution in [3.05, 3.63) is 0 Å². The van der Waals surface area contributed by atoms with Crippen LogP contribution in [0.2, 0.25) is 0 Å². The second-order valence-corrected chi connectivity index (χ2v) is 9.77. The van der Waals surface area contributed by atoms with Gasteiger partial charge in [-0.15, -0.1) is 0 Å². The lowest BCUT2D eigenvalue weighted by Crippen LogP contribution is -2.23. The molecule has 0 aromatic carbocycles. The third kappa shape index (κ3) is 3.97. The van der Waals surface area contributed by atoms with Gasteiger partial charge < -0.3 is 0 Å². The van der Waals surface area contributed by atoms with Gasteiger partial charge in [-0.2, -0.15) is 0 Å². The van der Waals surface area contributed by atoms with E-state index in [0.717, 1.165) is 0 Å². The first-order valence-electron chi connectivity index (χ1n) is 4.17. The summed E-state index contributed by atoms with van der Waals surface area (Å²) < 4.78 is 0.194. The summed E-state index contributed by atoms with van der Waals surface area (Å²) in [6, 6.07) is 0. The van der Waals surface area contributed by atoms with Crippen LogP contribution in [-0.2, 0) is 0 Å². The third-order valence-electron chi connectivity index (χ3n) is 2.20. The van der Waals surface area contributed by atoms with E-state index in [9.17, 15) is 0 Å². The molecule has 0 nitrogen and oxygen atoms in total. The van der Waals surface area contributed by atoms with Crippen molar-refractivity contribution in [2.75, 3.05) is 0 Å². The highest BCUT2D eigenvalue weighted by molar-refractivity contribution is 9.25. The van der Waals surface area contributed by atoms with Gasteiger partial charge in [0.2, 0.25) is 0 Å². The SMILES string of the molecule is BrC1CCCC(Br)(Br)CCC1Br. The summed E-state index contributed by atoms with van der Waals surface area (Å²) in [5, 5.41) is 0. The molecule has 0 saturated heterocycles. The molecule has 4 heteroatoms. The van der Waals surface area contributed by atoms with E-state index in [1.807, 2.05) is 0 Å². The van der Waals surface area contributed by atoms with Crippen LogP contribution in [0.3, 0.4) is 0 Å². The maximum atomic E-state index is 3.71. The molecule has 0 aliphatic heterocycles. The van der Waals surface area contributed by atoms with Crippen LogP contribution in [0, 0.1) is 0 Å². The Morgan fingerprint density at radius 2 is 1.50 bits per heavy atom. The molecule has 1 saturated carbocycles. The van der Waals surface area contributed by atoms with Crippen LogP contribution in [0.5, 0.6) is 0 Å². The number of rotatable bonds is 0. The molecule has 0 amide bonds. The average molecular weight is 428 g/mol. The Hall–Kier alpha value is 1.92. The highest BCUT2D eigenvalue weighted by atomic mass is 79.9. The smallest absolute Gasteiger partial charge is 0.0806 e. The highest BCUT2D eigenvalue weighted by Gasteiger charge is 2.28. The molecular formula is C8H12Br4. The van der Waals surface area contributed by atoms with E-state index in [1.165, 1.54) is 32.1 Å². The fraction of sp³-hybridized carbons (Fsp3) is 1.00. The lowest BCUT2D eigenvalue weighted by Gasteiger charge is -2.27. The molecule has 0 heterocycles. The van der Waals surface area contributed by atoms with Crippen molar-refractivity contribution in [2.24, 2.45) is 0 Å². The summed E-state index contributed by atoms with van der Waals surface area (Å²) in [5.41, 5.74) is 0. The van der Waals surface area contributed by atoms with Gasteiger partial charge in [-0.25, -0.2) is 0 Å². The number of halogens is 4. The van der Waals surface area contributed by atoms with E-state index in [0.29, 0.717) is 9.65 Å². The van der Waals surface area contributed by atoms with Crippen LogP contribution >= 0.6 is 63.7 Å². The predicted octanol–water partition coefficient (Wildman–Crippen LogP) is 4.96. The average Bonchev–Trinajstić information content (AvgIpc) is 1.98. The summed E-state index contributed by atoms with van der Waals surface area (Å²) >= 11 is 14.8. The van der Waals surface area contributed by atoms with Gasteiger partial charge in [0, 0.05) is 9.65 Å². The van der Waals surface area contributed by atoms with Crippen molar-refractivity contribution in [2.45, 2.75) is 45.0 Å². The van der Waals surface area contributed by atoms with Crippen molar-refractivity contribution in [1.29, 1.82) is 0 Å². The van der Waals surface area contributed by atoms with Gasteiger partial charge in [-0.05, 0) is 25.7 Å². The van der Waals surface area contributed by atoms with Gasteiger partial charge in [0.25, 0.3) is 0 Å². The molecule has 0 bridgehead atoms. The summed E-state index contributed by atoms with van der Waals surface area (Å²) in [7, 11) is 0. The largest absolute Gasteiger partial charge is 0.0879 e. The van der Waals surface area contributed by atoms with Gasteiger partial charge in [-0.3, -0.25) is 0 Å². The zero-order chi connectivity index (χ0) is 9.19. The first-order valence-corrected chi connectivity index (χ1v) is 7.59. The quantitative estimate of drug-likeness (QED) is 0.479. The Morgan fingerprint density at radius 1 is 0.917 bits per heavy atom. The second kappa shape index (κ2) is 5.13. The van der Waals surface area contributed by atoms with Crippen LogP contribution in [0.25, 0.3) is 0 Å². The van der Waals surface area contributed by atoms with Crippen LogP contribution in [0.4, 0.5) is 0 Å². The summed E-state index contributed by atoms with van der Waals surface area (Å²) in [6.07, 6.45) is 6.15. The van der Waals surface area contributed by atoms with Crippen molar-refractivity contribution >= 4 is 63.7 Å². The number of hydrogen-bond donors (Lipinski definition) is 0. The highest BCUT2D eigenvalue weighted by Crippen LogP contribution is 2.41. The zero-order valence-corrected chi connectivity index (χ0v) is 13.0. The molecule has 1 rings (SSSR count). The standard InChI is InChI=1S/C8H12Br4/c9-6-2-1-4-8(11,12)5-3-7(6)10/h6-7H,1-5H2. The summed E-state index contributed by atoms with van der Waals surface area (Å²) in [5.74, 6) is 0. The Bertz CT molecular complexity index is 146. The van der Waals surface area contributed by atoms with E-state index in [4.69, 9.17) is 0 Å². The maximum absolute atomic E-state index is 3.71. The summed E-state index contributed by atoms with van der Waals surface area (Å²) in [6.45, 7) is 0. The Kier molecular flexibility index (Phi) is 5.12. The summed E-state index contributed by atoms with van der Waals surface area (Å²) in [4.78, 5) is 1.26. The molecule has 2 atom stereocenters. The lowest BCUT2D eigenvalue weighted by atomic mass is 10.0. The minimum Gasteiger partial charge on any atom is -0.0879 e. The lowest BCUT2D eigenvalue weighted by molar-refractivity contribution is 0.527. The van der Waals surface area contributed by atoms with E-state index < -0.39 is 0 Å². The fourth-order valence-electron chi connectivity index (χ4n) is 1.39. The molecule has 0 spiro atoms. The normalized spacial score (nSPS) is 37.0. The van der Waals surface area contributed by atoms with Crippen LogP contribution in [0.15, 0.2) is 0 Å². The molecule has 1 aliphatic rings. The van der Waals surface area contributed by atoms with E-state index in [2.05, 4.69) is 63.7 Å². The molecule has 12 heavy (non-hydrogen) atoms. The van der Waals surface area contributed by atoms with Gasteiger partial charge in [0.15, 0.2) is 0 Å². The molecule has 0 aromatic rings. The fourth-order valence-corrected chi connectivity index (χ4v) is 3.49. The van der Waals surface area contributed by atoms with E-state index >= 15 is 0 Å². The minimum absolute atomic E-state index is 0.194. The molecule has 0 aromatic heterocycles. The Morgan fingerprint density at radius 3 is 2.17 bits per heavy atom. The van der Waals surface area contributed by atoms with Crippen molar-refractivity contribution < 1.29 is 0 Å². The molecule has 0 radical (unpaired) electrons. The van der Waals surface area contributed by atoms with Crippen LogP contribution < -0.4 is 0 Å². The second-order valence-electron chi connectivity index (χ2n) is 3.32. The minimum atomic E-state index is 0.194. The molecular weight excluding hydrogens is 416 g/mol. The first kappa shape index (κ1) is 12.0. The molecule has 1 aliphatic carbocycles. The zero-order valence-electron chi connectivity index (χ0n) is 6.70. The molecule has 2 unspecified atom stereocenters. The van der Waals surface area contributed by atoms with Crippen molar-refractivity contribution in [3.63, 3.8) is 0 Å². The van der Waals surface area contributed by atoms with Gasteiger partial charge >= 0.3 is 0 Å². The van der Waals surface area contributed by atoms with Gasteiger partial charge in [0.1, 0.15) is 0 Å². The molecule has 72 valence electrons.